The number of guanidine groups is 1. The van der Waals surface area contributed by atoms with Crippen molar-refractivity contribution in [3.63, 3.8) is 0 Å². The Morgan fingerprint density at radius 1 is 1.12 bits per heavy atom. The van der Waals surface area contributed by atoms with Crippen LogP contribution in [0.4, 0.5) is 0 Å². The van der Waals surface area contributed by atoms with Gasteiger partial charge in [0.1, 0.15) is 17.4 Å². The second-order valence-corrected chi connectivity index (χ2v) is 8.62. The number of rotatable bonds is 11. The molecule has 7 nitrogen and oxygen atoms in total. The minimum absolute atomic E-state index is 0. The summed E-state index contributed by atoms with van der Waals surface area (Å²) in [5.74, 6) is 4.06. The van der Waals surface area contributed by atoms with Crippen LogP contribution >= 0.6 is 24.0 Å². The van der Waals surface area contributed by atoms with E-state index in [4.69, 9.17) is 4.74 Å². The van der Waals surface area contributed by atoms with Gasteiger partial charge in [0.2, 0.25) is 0 Å². The number of hydrogen-bond donors (Lipinski definition) is 2. The smallest absolute Gasteiger partial charge is 0.191 e. The molecule has 1 aliphatic heterocycles. The van der Waals surface area contributed by atoms with Crippen molar-refractivity contribution in [3.8, 4) is 5.75 Å². The molecule has 0 aliphatic carbocycles. The Hall–Kier alpha value is -1.84. The summed E-state index contributed by atoms with van der Waals surface area (Å²) in [5, 5.41) is 15.7. The van der Waals surface area contributed by atoms with Gasteiger partial charge in [-0.15, -0.1) is 34.2 Å². The Bertz CT molecular complexity index is 867. The van der Waals surface area contributed by atoms with E-state index in [0.29, 0.717) is 6.54 Å². The second kappa shape index (κ2) is 15.1. The number of ether oxygens (including phenoxy) is 1. The van der Waals surface area contributed by atoms with Gasteiger partial charge in [-0.2, -0.15) is 0 Å². The molecule has 0 bridgehead atoms. The van der Waals surface area contributed by atoms with Crippen molar-refractivity contribution >= 4 is 29.9 Å². The van der Waals surface area contributed by atoms with Crippen LogP contribution in [0, 0.1) is 6.92 Å². The highest BCUT2D eigenvalue weighted by atomic mass is 127. The summed E-state index contributed by atoms with van der Waals surface area (Å²) in [6.45, 7) is 7.67. The van der Waals surface area contributed by atoms with Gasteiger partial charge in [0.25, 0.3) is 0 Å². The Labute approximate surface area is 216 Å². The monoisotopic (exact) mass is 568 g/mol. The van der Waals surface area contributed by atoms with Gasteiger partial charge in [0.05, 0.1) is 6.61 Å². The van der Waals surface area contributed by atoms with Crippen molar-refractivity contribution < 1.29 is 4.74 Å². The van der Waals surface area contributed by atoms with E-state index in [1.54, 1.807) is 0 Å². The third kappa shape index (κ3) is 8.79. The molecule has 0 atom stereocenters. The molecule has 0 radical (unpaired) electrons. The maximum Gasteiger partial charge on any atom is 0.191 e. The van der Waals surface area contributed by atoms with Gasteiger partial charge < -0.3 is 19.9 Å². The molecule has 3 rings (SSSR count). The maximum atomic E-state index is 6.06. The Kier molecular flexibility index (Phi) is 12.6. The Morgan fingerprint density at radius 2 is 2.00 bits per heavy atom. The van der Waals surface area contributed by atoms with Crippen LogP contribution < -0.4 is 15.4 Å². The van der Waals surface area contributed by atoms with E-state index in [9.17, 15) is 0 Å². The highest BCUT2D eigenvalue weighted by molar-refractivity contribution is 14.0. The average Bonchev–Trinajstić information content (AvgIpc) is 3.02. The molecule has 1 aliphatic rings. The molecule has 0 spiro atoms. The third-order valence-electron chi connectivity index (χ3n) is 5.95. The van der Waals surface area contributed by atoms with E-state index in [-0.39, 0.29) is 24.0 Å². The van der Waals surface area contributed by atoms with Crippen molar-refractivity contribution in [1.82, 2.24) is 25.4 Å². The number of aryl methyl sites for hydroxylation is 3. The van der Waals surface area contributed by atoms with E-state index in [2.05, 4.69) is 62.4 Å². The molecule has 0 saturated carbocycles. The molecule has 2 N–H and O–H groups in total. The fourth-order valence-electron chi connectivity index (χ4n) is 4.06. The van der Waals surface area contributed by atoms with Crippen LogP contribution in [0.1, 0.15) is 74.6 Å². The first-order valence-corrected chi connectivity index (χ1v) is 12.3. The zero-order valence-corrected chi connectivity index (χ0v) is 22.9. The van der Waals surface area contributed by atoms with Gasteiger partial charge in [-0.1, -0.05) is 38.3 Å². The predicted molar refractivity (Wildman–Crippen MR) is 146 cm³/mol. The topological polar surface area (TPSA) is 76.4 Å². The summed E-state index contributed by atoms with van der Waals surface area (Å²) in [6, 6.07) is 6.40. The number of benzene rings is 1. The van der Waals surface area contributed by atoms with Crippen LogP contribution in [0.5, 0.6) is 5.75 Å². The molecule has 2 heterocycles. The van der Waals surface area contributed by atoms with Gasteiger partial charge in [-0.05, 0) is 44.2 Å². The number of hydrogen-bond acceptors (Lipinski definition) is 4. The molecule has 0 fully saturated rings. The highest BCUT2D eigenvalue weighted by Gasteiger charge is 2.14. The molecule has 2 aromatic rings. The van der Waals surface area contributed by atoms with Crippen LogP contribution in [-0.4, -0.2) is 40.9 Å². The Balaban J connectivity index is 0.00000385. The minimum Gasteiger partial charge on any atom is -0.493 e. The van der Waals surface area contributed by atoms with Crippen molar-refractivity contribution in [2.24, 2.45) is 4.99 Å². The van der Waals surface area contributed by atoms with E-state index < -0.39 is 0 Å². The number of nitrogens with zero attached hydrogens (tertiary/aromatic N) is 4. The highest BCUT2D eigenvalue weighted by Crippen LogP contribution is 2.21. The largest absolute Gasteiger partial charge is 0.493 e. The predicted octanol–water partition coefficient (Wildman–Crippen LogP) is 4.80. The summed E-state index contributed by atoms with van der Waals surface area (Å²) in [7, 11) is 1.81. The first-order valence-electron chi connectivity index (χ1n) is 12.3. The molecule has 0 unspecified atom stereocenters. The minimum atomic E-state index is 0. The zero-order valence-electron chi connectivity index (χ0n) is 20.5. The number of halogens is 1. The number of aliphatic imine (C=N–C) groups is 1. The summed E-state index contributed by atoms with van der Waals surface area (Å²) >= 11 is 0. The number of nitrogens with one attached hydrogen (secondary N) is 2. The second-order valence-electron chi connectivity index (χ2n) is 8.62. The van der Waals surface area contributed by atoms with Gasteiger partial charge >= 0.3 is 0 Å². The van der Waals surface area contributed by atoms with Crippen LogP contribution in [0.25, 0.3) is 0 Å². The maximum absolute atomic E-state index is 6.06. The molecule has 1 aromatic heterocycles. The van der Waals surface area contributed by atoms with Crippen molar-refractivity contribution in [1.29, 1.82) is 0 Å². The first kappa shape index (κ1) is 27.4. The molecule has 8 heteroatoms. The molecular formula is C25H41IN6O. The molecule has 0 amide bonds. The van der Waals surface area contributed by atoms with E-state index in [0.717, 1.165) is 74.3 Å². The number of fused-ring (bicyclic) bond motifs is 1. The zero-order chi connectivity index (χ0) is 22.6. The Morgan fingerprint density at radius 3 is 2.82 bits per heavy atom. The lowest BCUT2D eigenvalue weighted by atomic mass is 10.1. The number of unbranched alkanes of at least 4 members (excludes halogenated alkanes) is 2. The fourth-order valence-corrected chi connectivity index (χ4v) is 4.06. The van der Waals surface area contributed by atoms with Gasteiger partial charge in [0, 0.05) is 45.1 Å². The standard InChI is InChI=1S/C25H40N6O.HI/c1-4-5-9-17-32-22-18-20(2)13-14-21(22)19-28-25(26-3)27-15-10-12-24-30-29-23-11-7-6-8-16-31(23)24;/h13-14,18H,4-12,15-17,19H2,1-3H3,(H2,26,27,28);1H. The summed E-state index contributed by atoms with van der Waals surface area (Å²) in [6.07, 6.45) is 10.2. The van der Waals surface area contributed by atoms with Crippen LogP contribution in [0.15, 0.2) is 23.2 Å². The third-order valence-corrected chi connectivity index (χ3v) is 5.95. The summed E-state index contributed by atoms with van der Waals surface area (Å²) in [5.41, 5.74) is 2.37. The molecule has 184 valence electrons. The molecule has 1 aromatic carbocycles. The van der Waals surface area contributed by atoms with E-state index >= 15 is 0 Å². The lowest BCUT2D eigenvalue weighted by molar-refractivity contribution is 0.303. The van der Waals surface area contributed by atoms with Crippen LogP contribution in [0.2, 0.25) is 0 Å². The summed E-state index contributed by atoms with van der Waals surface area (Å²) in [4.78, 5) is 4.37. The summed E-state index contributed by atoms with van der Waals surface area (Å²) < 4.78 is 8.40. The van der Waals surface area contributed by atoms with E-state index in [1.165, 1.54) is 37.7 Å². The van der Waals surface area contributed by atoms with Crippen molar-refractivity contribution in [2.45, 2.75) is 84.7 Å². The number of aromatic nitrogens is 3. The van der Waals surface area contributed by atoms with Gasteiger partial charge in [0.15, 0.2) is 5.96 Å². The van der Waals surface area contributed by atoms with Crippen molar-refractivity contribution in [2.75, 3.05) is 20.2 Å². The lowest BCUT2D eigenvalue weighted by Crippen LogP contribution is -2.37. The quantitative estimate of drug-likeness (QED) is 0.176. The normalized spacial score (nSPS) is 13.6. The SMILES string of the molecule is CCCCCOc1cc(C)ccc1CNC(=NC)NCCCc1nnc2n1CCCCC2.I. The van der Waals surface area contributed by atoms with Gasteiger partial charge in [-0.3, -0.25) is 4.99 Å². The average molecular weight is 569 g/mol. The lowest BCUT2D eigenvalue weighted by Gasteiger charge is -2.15. The molecular weight excluding hydrogens is 527 g/mol. The van der Waals surface area contributed by atoms with E-state index in [1.807, 2.05) is 7.05 Å². The van der Waals surface area contributed by atoms with Crippen LogP contribution in [0.3, 0.4) is 0 Å². The van der Waals surface area contributed by atoms with Crippen molar-refractivity contribution in [3.05, 3.63) is 41.0 Å². The van der Waals surface area contributed by atoms with Gasteiger partial charge in [-0.25, -0.2) is 0 Å². The molecule has 0 saturated heterocycles. The van der Waals surface area contributed by atoms with Crippen LogP contribution in [-0.2, 0) is 25.9 Å². The molecule has 33 heavy (non-hydrogen) atoms. The fraction of sp³-hybridized carbons (Fsp3) is 0.640. The first-order chi connectivity index (χ1) is 15.7.